The third-order valence-corrected chi connectivity index (χ3v) is 3.25. The summed E-state index contributed by atoms with van der Waals surface area (Å²) in [5.41, 5.74) is 4.85. The van der Waals surface area contributed by atoms with E-state index < -0.39 is 18.4 Å². The first kappa shape index (κ1) is 16.9. The van der Waals surface area contributed by atoms with Crippen molar-refractivity contribution in [3.63, 3.8) is 0 Å². The van der Waals surface area contributed by atoms with E-state index in [1.165, 1.54) is 18.2 Å². The molecule has 0 saturated carbocycles. The standard InChI is InChI=1S/C15H11BrF2N2O3/c16-11-6-4-9(5-7-11)13(21)19-20-14(22)10-2-1-3-12(8-10)23-15(17)18/h1-8,15H,(H,19,21)(H,20,22). The van der Waals surface area contributed by atoms with Gasteiger partial charge in [0, 0.05) is 15.6 Å². The minimum absolute atomic E-state index is 0.0688. The van der Waals surface area contributed by atoms with Crippen LogP contribution in [0, 0.1) is 0 Å². The maximum atomic E-state index is 12.1. The van der Waals surface area contributed by atoms with Gasteiger partial charge in [0.25, 0.3) is 11.8 Å². The molecule has 8 heteroatoms. The van der Waals surface area contributed by atoms with Crippen LogP contribution >= 0.6 is 15.9 Å². The minimum atomic E-state index is -2.98. The van der Waals surface area contributed by atoms with Crippen molar-refractivity contribution in [2.75, 3.05) is 0 Å². The molecule has 0 aromatic heterocycles. The van der Waals surface area contributed by atoms with Crippen molar-refractivity contribution in [1.82, 2.24) is 10.9 Å². The fraction of sp³-hybridized carbons (Fsp3) is 0.0667. The number of hydrogen-bond acceptors (Lipinski definition) is 3. The van der Waals surface area contributed by atoms with Crippen LogP contribution in [0.2, 0.25) is 0 Å². The van der Waals surface area contributed by atoms with E-state index in [0.717, 1.165) is 10.5 Å². The van der Waals surface area contributed by atoms with Gasteiger partial charge in [0.15, 0.2) is 0 Å². The van der Waals surface area contributed by atoms with Crippen LogP contribution in [0.3, 0.4) is 0 Å². The average molecular weight is 385 g/mol. The first-order valence-corrected chi connectivity index (χ1v) is 7.16. The first-order chi connectivity index (χ1) is 11.0. The van der Waals surface area contributed by atoms with Crippen LogP contribution in [-0.2, 0) is 0 Å². The van der Waals surface area contributed by atoms with Crippen LogP contribution in [-0.4, -0.2) is 18.4 Å². The fourth-order valence-electron chi connectivity index (χ4n) is 1.67. The molecule has 120 valence electrons. The van der Waals surface area contributed by atoms with Crippen molar-refractivity contribution in [2.24, 2.45) is 0 Å². The number of carbonyl (C=O) groups is 2. The Labute approximate surface area is 138 Å². The Hall–Kier alpha value is -2.48. The molecule has 0 aliphatic carbocycles. The Balaban J connectivity index is 1.96. The lowest BCUT2D eigenvalue weighted by atomic mass is 10.2. The van der Waals surface area contributed by atoms with Crippen molar-refractivity contribution >= 4 is 27.7 Å². The SMILES string of the molecule is O=C(NNC(=O)c1cccc(OC(F)F)c1)c1ccc(Br)cc1. The van der Waals surface area contributed by atoms with Crippen molar-refractivity contribution in [3.05, 3.63) is 64.1 Å². The van der Waals surface area contributed by atoms with Gasteiger partial charge in [0.1, 0.15) is 5.75 Å². The van der Waals surface area contributed by atoms with Crippen molar-refractivity contribution in [3.8, 4) is 5.75 Å². The lowest BCUT2D eigenvalue weighted by Crippen LogP contribution is -2.41. The van der Waals surface area contributed by atoms with E-state index in [4.69, 9.17) is 0 Å². The Bertz CT molecular complexity index is 708. The number of hydrazine groups is 1. The Morgan fingerprint density at radius 1 is 0.957 bits per heavy atom. The minimum Gasteiger partial charge on any atom is -0.435 e. The Morgan fingerprint density at radius 2 is 1.57 bits per heavy atom. The van der Waals surface area contributed by atoms with E-state index in [2.05, 4.69) is 31.5 Å². The number of hydrogen-bond donors (Lipinski definition) is 2. The second kappa shape index (κ2) is 7.68. The van der Waals surface area contributed by atoms with Crippen LogP contribution in [0.15, 0.2) is 53.0 Å². The normalized spacial score (nSPS) is 10.3. The molecule has 0 saturated heterocycles. The summed E-state index contributed by atoms with van der Waals surface area (Å²) in [6.07, 6.45) is 0. The number of rotatable bonds is 4. The van der Waals surface area contributed by atoms with E-state index in [1.807, 2.05) is 0 Å². The molecule has 0 atom stereocenters. The van der Waals surface area contributed by atoms with Crippen molar-refractivity contribution < 1.29 is 23.1 Å². The zero-order valence-electron chi connectivity index (χ0n) is 11.6. The third kappa shape index (κ3) is 5.03. The summed E-state index contributed by atoms with van der Waals surface area (Å²) < 4.78 is 29.3. The highest BCUT2D eigenvalue weighted by Crippen LogP contribution is 2.15. The summed E-state index contributed by atoms with van der Waals surface area (Å²) in [5.74, 6) is -1.31. The van der Waals surface area contributed by atoms with Crippen LogP contribution in [0.5, 0.6) is 5.75 Å². The zero-order chi connectivity index (χ0) is 16.8. The second-order valence-corrected chi connectivity index (χ2v) is 5.24. The molecule has 2 N–H and O–H groups in total. The maximum Gasteiger partial charge on any atom is 0.387 e. The van der Waals surface area contributed by atoms with Gasteiger partial charge in [-0.05, 0) is 42.5 Å². The first-order valence-electron chi connectivity index (χ1n) is 6.37. The average Bonchev–Trinajstić information content (AvgIpc) is 2.52. The van der Waals surface area contributed by atoms with Crippen LogP contribution in [0.4, 0.5) is 8.78 Å². The lowest BCUT2D eigenvalue weighted by Gasteiger charge is -2.09. The second-order valence-electron chi connectivity index (χ2n) is 4.32. The van der Waals surface area contributed by atoms with Gasteiger partial charge in [-0.15, -0.1) is 0 Å². The number of amides is 2. The van der Waals surface area contributed by atoms with Crippen LogP contribution < -0.4 is 15.6 Å². The fourth-order valence-corrected chi connectivity index (χ4v) is 1.94. The Kier molecular flexibility index (Phi) is 5.64. The van der Waals surface area contributed by atoms with Crippen molar-refractivity contribution in [1.29, 1.82) is 0 Å². The van der Waals surface area contributed by atoms with Crippen LogP contribution in [0.1, 0.15) is 20.7 Å². The summed E-state index contributed by atoms with van der Waals surface area (Å²) in [6, 6.07) is 11.7. The highest BCUT2D eigenvalue weighted by atomic mass is 79.9. The molecule has 0 aliphatic rings. The highest BCUT2D eigenvalue weighted by Gasteiger charge is 2.11. The van der Waals surface area contributed by atoms with E-state index in [9.17, 15) is 18.4 Å². The topological polar surface area (TPSA) is 67.4 Å². The zero-order valence-corrected chi connectivity index (χ0v) is 13.1. The van der Waals surface area contributed by atoms with Gasteiger partial charge in [-0.3, -0.25) is 20.4 Å². The van der Waals surface area contributed by atoms with E-state index in [-0.39, 0.29) is 11.3 Å². The van der Waals surface area contributed by atoms with Crippen LogP contribution in [0.25, 0.3) is 0 Å². The Morgan fingerprint density at radius 3 is 2.17 bits per heavy atom. The maximum absolute atomic E-state index is 12.1. The summed E-state index contributed by atoms with van der Waals surface area (Å²) in [5, 5.41) is 0. The van der Waals surface area contributed by atoms with Crippen molar-refractivity contribution in [2.45, 2.75) is 6.61 Å². The number of halogens is 3. The van der Waals surface area contributed by atoms with Gasteiger partial charge in [-0.25, -0.2) is 0 Å². The number of benzene rings is 2. The van der Waals surface area contributed by atoms with E-state index in [0.29, 0.717) is 5.56 Å². The summed E-state index contributed by atoms with van der Waals surface area (Å²) >= 11 is 3.24. The smallest absolute Gasteiger partial charge is 0.387 e. The molecule has 0 fully saturated rings. The molecule has 0 unspecified atom stereocenters. The molecule has 2 amide bonds. The molecule has 23 heavy (non-hydrogen) atoms. The molecule has 0 bridgehead atoms. The van der Waals surface area contributed by atoms with E-state index in [1.54, 1.807) is 24.3 Å². The molecule has 0 heterocycles. The van der Waals surface area contributed by atoms with Gasteiger partial charge in [-0.2, -0.15) is 8.78 Å². The molecule has 2 aromatic carbocycles. The largest absolute Gasteiger partial charge is 0.435 e. The van der Waals surface area contributed by atoms with Gasteiger partial charge in [0.2, 0.25) is 0 Å². The predicted octanol–water partition coefficient (Wildman–Crippen LogP) is 3.13. The van der Waals surface area contributed by atoms with Gasteiger partial charge in [-0.1, -0.05) is 22.0 Å². The summed E-state index contributed by atoms with van der Waals surface area (Å²) in [6.45, 7) is -2.98. The molecule has 0 spiro atoms. The molecule has 2 rings (SSSR count). The molecule has 2 aromatic rings. The third-order valence-electron chi connectivity index (χ3n) is 2.72. The number of alkyl halides is 2. The van der Waals surface area contributed by atoms with Gasteiger partial charge in [0.05, 0.1) is 0 Å². The molecule has 5 nitrogen and oxygen atoms in total. The molecule has 0 aliphatic heterocycles. The summed E-state index contributed by atoms with van der Waals surface area (Å²) in [4.78, 5) is 23.7. The molecular weight excluding hydrogens is 374 g/mol. The molecular formula is C15H11BrF2N2O3. The monoisotopic (exact) mass is 384 g/mol. The number of carbonyl (C=O) groups excluding carboxylic acids is 2. The highest BCUT2D eigenvalue weighted by molar-refractivity contribution is 9.10. The van der Waals surface area contributed by atoms with E-state index >= 15 is 0 Å². The molecule has 0 radical (unpaired) electrons. The summed E-state index contributed by atoms with van der Waals surface area (Å²) in [7, 11) is 0. The number of ether oxygens (including phenoxy) is 1. The van der Waals surface area contributed by atoms with Gasteiger partial charge >= 0.3 is 6.61 Å². The predicted molar refractivity (Wildman–Crippen MR) is 82.1 cm³/mol. The number of nitrogens with one attached hydrogen (secondary N) is 2. The van der Waals surface area contributed by atoms with Gasteiger partial charge < -0.3 is 4.74 Å². The quantitative estimate of drug-likeness (QED) is 0.795. The lowest BCUT2D eigenvalue weighted by molar-refractivity contribution is -0.0498.